The molecule has 2 aromatic carbocycles. The maximum absolute atomic E-state index is 12.9. The van der Waals surface area contributed by atoms with Crippen molar-refractivity contribution < 1.29 is 23.9 Å². The average molecular weight is 486 g/mol. The average Bonchev–Trinajstić information content (AvgIpc) is 2.86. The SMILES string of the molecule is CCN1CCN(C(=O)CN2C(=O)COc3ccc(C(=O)COc4ccc(Cl)c(C)c4)cc32)CC1. The van der Waals surface area contributed by atoms with Gasteiger partial charge in [0.05, 0.1) is 5.69 Å². The minimum Gasteiger partial charge on any atom is -0.485 e. The number of anilines is 1. The zero-order chi connectivity index (χ0) is 24.2. The smallest absolute Gasteiger partial charge is 0.265 e. The van der Waals surface area contributed by atoms with Crippen LogP contribution in [0.3, 0.4) is 0 Å². The summed E-state index contributed by atoms with van der Waals surface area (Å²) < 4.78 is 11.2. The Morgan fingerprint density at radius 3 is 2.56 bits per heavy atom. The second-order valence-electron chi connectivity index (χ2n) is 8.39. The lowest BCUT2D eigenvalue weighted by molar-refractivity contribution is -0.133. The van der Waals surface area contributed by atoms with Gasteiger partial charge in [-0.05, 0) is 55.4 Å². The molecule has 180 valence electrons. The molecule has 2 aromatic rings. The number of hydrogen-bond acceptors (Lipinski definition) is 6. The number of ketones is 1. The van der Waals surface area contributed by atoms with Crippen molar-refractivity contribution in [1.29, 1.82) is 0 Å². The highest BCUT2D eigenvalue weighted by Gasteiger charge is 2.30. The van der Waals surface area contributed by atoms with Gasteiger partial charge in [0, 0.05) is 36.8 Å². The van der Waals surface area contributed by atoms with E-state index in [1.165, 1.54) is 4.90 Å². The van der Waals surface area contributed by atoms with Crippen molar-refractivity contribution in [1.82, 2.24) is 9.80 Å². The monoisotopic (exact) mass is 485 g/mol. The number of carbonyl (C=O) groups excluding carboxylic acids is 3. The lowest BCUT2D eigenvalue weighted by Crippen LogP contribution is -2.52. The molecular weight excluding hydrogens is 458 g/mol. The maximum atomic E-state index is 12.9. The highest BCUT2D eigenvalue weighted by atomic mass is 35.5. The van der Waals surface area contributed by atoms with Crippen molar-refractivity contribution in [3.63, 3.8) is 0 Å². The van der Waals surface area contributed by atoms with Gasteiger partial charge < -0.3 is 19.3 Å². The van der Waals surface area contributed by atoms with Crippen LogP contribution in [0.1, 0.15) is 22.8 Å². The molecule has 0 unspecified atom stereocenters. The van der Waals surface area contributed by atoms with Crippen LogP contribution in [0.4, 0.5) is 5.69 Å². The van der Waals surface area contributed by atoms with E-state index in [2.05, 4.69) is 11.8 Å². The minimum absolute atomic E-state index is 0.0838. The normalized spacial score (nSPS) is 16.1. The lowest BCUT2D eigenvalue weighted by Gasteiger charge is -2.36. The highest BCUT2D eigenvalue weighted by molar-refractivity contribution is 6.31. The first-order valence-corrected chi connectivity index (χ1v) is 11.7. The summed E-state index contributed by atoms with van der Waals surface area (Å²) in [5, 5.41) is 0.625. The van der Waals surface area contributed by atoms with E-state index in [4.69, 9.17) is 21.1 Å². The molecule has 0 aromatic heterocycles. The topological polar surface area (TPSA) is 79.4 Å². The summed E-state index contributed by atoms with van der Waals surface area (Å²) in [6.45, 7) is 7.43. The minimum atomic E-state index is -0.314. The van der Waals surface area contributed by atoms with Gasteiger partial charge in [-0.15, -0.1) is 0 Å². The summed E-state index contributed by atoms with van der Waals surface area (Å²) in [6, 6.07) is 10.1. The summed E-state index contributed by atoms with van der Waals surface area (Å²) in [5.41, 5.74) is 1.65. The predicted molar refractivity (Wildman–Crippen MR) is 129 cm³/mol. The third-order valence-electron chi connectivity index (χ3n) is 6.19. The summed E-state index contributed by atoms with van der Waals surface area (Å²) in [5.74, 6) is 0.326. The molecule has 0 saturated carbocycles. The van der Waals surface area contributed by atoms with Gasteiger partial charge in [0.25, 0.3) is 5.91 Å². The first-order valence-electron chi connectivity index (χ1n) is 11.3. The lowest BCUT2D eigenvalue weighted by atomic mass is 10.1. The molecule has 2 aliphatic heterocycles. The zero-order valence-electron chi connectivity index (χ0n) is 19.4. The van der Waals surface area contributed by atoms with Crippen LogP contribution >= 0.6 is 11.6 Å². The number of piperazine rings is 1. The van der Waals surface area contributed by atoms with Crippen LogP contribution < -0.4 is 14.4 Å². The van der Waals surface area contributed by atoms with Crippen molar-refractivity contribution in [3.8, 4) is 11.5 Å². The van der Waals surface area contributed by atoms with Crippen molar-refractivity contribution >= 4 is 34.9 Å². The molecule has 0 spiro atoms. The number of fused-ring (bicyclic) bond motifs is 1. The predicted octanol–water partition coefficient (Wildman–Crippen LogP) is 2.80. The van der Waals surface area contributed by atoms with E-state index in [1.54, 1.807) is 41.3 Å². The van der Waals surface area contributed by atoms with Gasteiger partial charge in [-0.25, -0.2) is 0 Å². The molecule has 0 atom stereocenters. The van der Waals surface area contributed by atoms with Gasteiger partial charge in [0.1, 0.15) is 18.0 Å². The third-order valence-corrected chi connectivity index (χ3v) is 6.61. The molecule has 0 N–H and O–H groups in total. The quantitative estimate of drug-likeness (QED) is 0.561. The van der Waals surface area contributed by atoms with Gasteiger partial charge in [0.2, 0.25) is 5.91 Å². The second kappa shape index (κ2) is 10.4. The number of nitrogens with zero attached hydrogens (tertiary/aromatic N) is 3. The molecule has 34 heavy (non-hydrogen) atoms. The van der Waals surface area contributed by atoms with Crippen LogP contribution in [0.15, 0.2) is 36.4 Å². The summed E-state index contributed by atoms with van der Waals surface area (Å²) in [4.78, 5) is 43.8. The number of benzene rings is 2. The molecular formula is C25H28ClN3O5. The fraction of sp³-hybridized carbons (Fsp3) is 0.400. The molecule has 0 bridgehead atoms. The molecule has 9 heteroatoms. The molecule has 1 saturated heterocycles. The van der Waals surface area contributed by atoms with Crippen molar-refractivity contribution in [2.75, 3.05) is 57.4 Å². The first kappa shape index (κ1) is 24.0. The molecule has 4 rings (SSSR count). The van der Waals surface area contributed by atoms with Gasteiger partial charge in [-0.2, -0.15) is 0 Å². The van der Waals surface area contributed by atoms with Gasteiger partial charge in [-0.3, -0.25) is 19.3 Å². The Hall–Kier alpha value is -3.10. The van der Waals surface area contributed by atoms with Gasteiger partial charge >= 0.3 is 0 Å². The Bertz CT molecular complexity index is 1100. The van der Waals surface area contributed by atoms with E-state index in [-0.39, 0.29) is 37.4 Å². The van der Waals surface area contributed by atoms with E-state index in [1.807, 2.05) is 6.92 Å². The van der Waals surface area contributed by atoms with Crippen LogP contribution in [0.25, 0.3) is 0 Å². The standard InChI is InChI=1S/C25H28ClN3O5/c1-3-27-8-10-28(11-9-27)24(31)14-29-21-13-18(4-7-23(21)34-16-25(29)32)22(30)15-33-19-5-6-20(26)17(2)12-19/h4-7,12-13H,3,8-11,14-16H2,1-2H3. The van der Waals surface area contributed by atoms with Crippen molar-refractivity contribution in [2.45, 2.75) is 13.8 Å². The molecule has 2 heterocycles. The Labute approximate surface area is 204 Å². The summed E-state index contributed by atoms with van der Waals surface area (Å²) in [6.07, 6.45) is 0. The van der Waals surface area contributed by atoms with E-state index < -0.39 is 0 Å². The Morgan fingerprint density at radius 1 is 1.09 bits per heavy atom. The van der Waals surface area contributed by atoms with Crippen LogP contribution in [-0.4, -0.2) is 79.9 Å². The van der Waals surface area contributed by atoms with E-state index >= 15 is 0 Å². The first-order chi connectivity index (χ1) is 16.4. The number of aryl methyl sites for hydroxylation is 1. The molecule has 0 aliphatic carbocycles. The third kappa shape index (κ3) is 5.34. The van der Waals surface area contributed by atoms with Crippen LogP contribution in [0, 0.1) is 6.92 Å². The maximum Gasteiger partial charge on any atom is 0.265 e. The molecule has 1 fully saturated rings. The number of hydrogen-bond donors (Lipinski definition) is 0. The second-order valence-corrected chi connectivity index (χ2v) is 8.80. The molecule has 0 radical (unpaired) electrons. The summed E-state index contributed by atoms with van der Waals surface area (Å²) in [7, 11) is 0. The van der Waals surface area contributed by atoms with Crippen LogP contribution in [-0.2, 0) is 9.59 Å². The van der Waals surface area contributed by atoms with E-state index in [0.29, 0.717) is 40.9 Å². The van der Waals surface area contributed by atoms with E-state index in [0.717, 1.165) is 25.2 Å². The number of likely N-dealkylation sites (N-methyl/N-ethyl adjacent to an activating group) is 1. The molecule has 8 nitrogen and oxygen atoms in total. The number of amides is 2. The number of rotatable bonds is 7. The van der Waals surface area contributed by atoms with Gasteiger partial charge in [0.15, 0.2) is 19.0 Å². The van der Waals surface area contributed by atoms with Crippen LogP contribution in [0.2, 0.25) is 5.02 Å². The van der Waals surface area contributed by atoms with Crippen molar-refractivity contribution in [2.24, 2.45) is 0 Å². The highest BCUT2D eigenvalue weighted by Crippen LogP contribution is 2.33. The Kier molecular flexibility index (Phi) is 7.38. The molecule has 2 amide bonds. The van der Waals surface area contributed by atoms with Crippen LogP contribution in [0.5, 0.6) is 11.5 Å². The Morgan fingerprint density at radius 2 is 1.85 bits per heavy atom. The fourth-order valence-corrected chi connectivity index (χ4v) is 4.15. The fourth-order valence-electron chi connectivity index (χ4n) is 4.04. The number of Topliss-reactive ketones (excluding diaryl/α,β-unsaturated/α-hetero) is 1. The zero-order valence-corrected chi connectivity index (χ0v) is 20.1. The summed E-state index contributed by atoms with van der Waals surface area (Å²) >= 11 is 6.04. The Balaban J connectivity index is 1.45. The number of halogens is 1. The molecule has 2 aliphatic rings. The number of carbonyl (C=O) groups is 3. The number of ether oxygens (including phenoxy) is 2. The van der Waals surface area contributed by atoms with Gasteiger partial charge in [-0.1, -0.05) is 18.5 Å². The van der Waals surface area contributed by atoms with E-state index in [9.17, 15) is 14.4 Å². The largest absolute Gasteiger partial charge is 0.485 e. The van der Waals surface area contributed by atoms with Crippen molar-refractivity contribution in [3.05, 3.63) is 52.5 Å².